The zero-order valence-corrected chi connectivity index (χ0v) is 11.9. The van der Waals surface area contributed by atoms with Crippen molar-refractivity contribution in [3.05, 3.63) is 33.8 Å². The van der Waals surface area contributed by atoms with Gasteiger partial charge in [0.25, 0.3) is 0 Å². The second-order valence-corrected chi connectivity index (χ2v) is 4.92. The number of hydrogen-bond acceptors (Lipinski definition) is 2. The fourth-order valence-corrected chi connectivity index (χ4v) is 2.43. The monoisotopic (exact) mass is 293 g/mol. The van der Waals surface area contributed by atoms with E-state index in [1.54, 1.807) is 4.68 Å². The Bertz CT molecular complexity index is 558. The zero-order chi connectivity index (χ0) is 12.6. The summed E-state index contributed by atoms with van der Waals surface area (Å²) in [5.41, 5.74) is 10.4. The van der Waals surface area contributed by atoms with Crippen LogP contribution in [0, 0.1) is 6.92 Å². The van der Waals surface area contributed by atoms with Crippen LogP contribution in [0.2, 0.25) is 0 Å². The number of rotatable bonds is 2. The van der Waals surface area contributed by atoms with Gasteiger partial charge in [-0.2, -0.15) is 5.10 Å². The first kappa shape index (κ1) is 12.2. The molecular weight excluding hydrogens is 278 g/mol. The number of hydrogen-bond donors (Lipinski definition) is 1. The van der Waals surface area contributed by atoms with E-state index in [9.17, 15) is 0 Å². The summed E-state index contributed by atoms with van der Waals surface area (Å²) in [7, 11) is 1.88. The van der Waals surface area contributed by atoms with Crippen molar-refractivity contribution in [1.82, 2.24) is 9.78 Å². The summed E-state index contributed by atoms with van der Waals surface area (Å²) >= 11 is 3.62. The molecule has 0 bridgehead atoms. The molecule has 0 atom stereocenters. The molecule has 0 fully saturated rings. The Morgan fingerprint density at radius 2 is 2.12 bits per heavy atom. The summed E-state index contributed by atoms with van der Waals surface area (Å²) in [4.78, 5) is 0. The van der Waals surface area contributed by atoms with Crippen LogP contribution in [0.3, 0.4) is 0 Å². The number of aromatic nitrogens is 2. The van der Waals surface area contributed by atoms with E-state index in [4.69, 9.17) is 5.73 Å². The lowest BCUT2D eigenvalue weighted by Gasteiger charge is -2.06. The molecule has 1 aromatic carbocycles. The normalized spacial score (nSPS) is 10.8. The molecule has 0 aliphatic rings. The first-order valence-corrected chi connectivity index (χ1v) is 6.42. The highest BCUT2D eigenvalue weighted by molar-refractivity contribution is 9.10. The topological polar surface area (TPSA) is 43.8 Å². The van der Waals surface area contributed by atoms with Gasteiger partial charge in [-0.1, -0.05) is 25.1 Å². The molecule has 0 amide bonds. The third kappa shape index (κ3) is 1.97. The quantitative estimate of drug-likeness (QED) is 0.923. The minimum Gasteiger partial charge on any atom is -0.384 e. The first-order valence-electron chi connectivity index (χ1n) is 5.63. The lowest BCUT2D eigenvalue weighted by Crippen LogP contribution is -1.98. The van der Waals surface area contributed by atoms with Crippen molar-refractivity contribution in [2.45, 2.75) is 20.3 Å². The predicted molar refractivity (Wildman–Crippen MR) is 74.9 cm³/mol. The Labute approximate surface area is 110 Å². The molecular formula is C13H16BrN3. The van der Waals surface area contributed by atoms with E-state index in [2.05, 4.69) is 47.0 Å². The van der Waals surface area contributed by atoms with E-state index in [1.165, 1.54) is 5.56 Å². The molecule has 1 aromatic heterocycles. The highest BCUT2D eigenvalue weighted by Crippen LogP contribution is 2.34. The standard InChI is InChI=1S/C13H16BrN3/c1-4-9-12(16-17(3)13(9)15)10-7-5-6-8(2)11(10)14/h5-7H,4,15H2,1-3H3. The highest BCUT2D eigenvalue weighted by atomic mass is 79.9. The second-order valence-electron chi connectivity index (χ2n) is 4.13. The van der Waals surface area contributed by atoms with Gasteiger partial charge in [-0.15, -0.1) is 0 Å². The molecule has 17 heavy (non-hydrogen) atoms. The minimum absolute atomic E-state index is 0.746. The van der Waals surface area contributed by atoms with Crippen molar-refractivity contribution < 1.29 is 0 Å². The highest BCUT2D eigenvalue weighted by Gasteiger charge is 2.16. The van der Waals surface area contributed by atoms with Crippen molar-refractivity contribution in [3.8, 4) is 11.3 Å². The minimum atomic E-state index is 0.746. The van der Waals surface area contributed by atoms with E-state index >= 15 is 0 Å². The van der Waals surface area contributed by atoms with Gasteiger partial charge in [0, 0.05) is 22.6 Å². The van der Waals surface area contributed by atoms with Gasteiger partial charge >= 0.3 is 0 Å². The number of halogens is 1. The lowest BCUT2D eigenvalue weighted by molar-refractivity contribution is 0.781. The third-order valence-electron chi connectivity index (χ3n) is 2.99. The number of nitrogens with zero attached hydrogens (tertiary/aromatic N) is 2. The molecule has 0 aliphatic carbocycles. The Kier molecular flexibility index (Phi) is 3.24. The van der Waals surface area contributed by atoms with Gasteiger partial charge in [0.05, 0.1) is 5.69 Å². The SMILES string of the molecule is CCc1c(-c2cccc(C)c2Br)nn(C)c1N. The van der Waals surface area contributed by atoms with Gasteiger partial charge in [-0.3, -0.25) is 4.68 Å². The van der Waals surface area contributed by atoms with Crippen LogP contribution < -0.4 is 5.73 Å². The first-order chi connectivity index (χ1) is 8.06. The number of aryl methyl sites for hydroxylation is 2. The van der Waals surface area contributed by atoms with Crippen LogP contribution in [0.15, 0.2) is 22.7 Å². The second kappa shape index (κ2) is 4.53. The maximum Gasteiger partial charge on any atom is 0.125 e. The fraction of sp³-hybridized carbons (Fsp3) is 0.308. The van der Waals surface area contributed by atoms with Crippen LogP contribution in [-0.2, 0) is 13.5 Å². The molecule has 0 radical (unpaired) electrons. The van der Waals surface area contributed by atoms with Gasteiger partial charge in [-0.25, -0.2) is 0 Å². The molecule has 90 valence electrons. The fourth-order valence-electron chi connectivity index (χ4n) is 1.98. The Hall–Kier alpha value is -1.29. The maximum absolute atomic E-state index is 6.02. The van der Waals surface area contributed by atoms with Gasteiger partial charge in [0.2, 0.25) is 0 Å². The van der Waals surface area contributed by atoms with Gasteiger partial charge < -0.3 is 5.73 Å². The number of benzene rings is 1. The van der Waals surface area contributed by atoms with Crippen LogP contribution in [0.4, 0.5) is 5.82 Å². The summed E-state index contributed by atoms with van der Waals surface area (Å²) in [6.45, 7) is 4.17. The average molecular weight is 294 g/mol. The van der Waals surface area contributed by atoms with Crippen LogP contribution in [0.25, 0.3) is 11.3 Å². The molecule has 0 saturated heterocycles. The van der Waals surface area contributed by atoms with Gasteiger partial charge in [-0.05, 0) is 34.8 Å². The summed E-state index contributed by atoms with van der Waals surface area (Å²) in [6, 6.07) is 6.18. The number of anilines is 1. The molecule has 2 aromatic rings. The van der Waals surface area contributed by atoms with E-state index in [-0.39, 0.29) is 0 Å². The molecule has 2 rings (SSSR count). The zero-order valence-electron chi connectivity index (χ0n) is 10.3. The summed E-state index contributed by atoms with van der Waals surface area (Å²) < 4.78 is 2.83. The van der Waals surface area contributed by atoms with Crippen molar-refractivity contribution in [3.63, 3.8) is 0 Å². The number of nitrogen functional groups attached to an aromatic ring is 1. The molecule has 0 aliphatic heterocycles. The lowest BCUT2D eigenvalue weighted by atomic mass is 10.0. The van der Waals surface area contributed by atoms with Gasteiger partial charge in [0.15, 0.2) is 0 Å². The molecule has 0 saturated carbocycles. The summed E-state index contributed by atoms with van der Waals surface area (Å²) in [5, 5.41) is 4.51. The smallest absolute Gasteiger partial charge is 0.125 e. The molecule has 2 N–H and O–H groups in total. The average Bonchev–Trinajstić information content (AvgIpc) is 2.59. The van der Waals surface area contributed by atoms with Crippen molar-refractivity contribution in [2.75, 3.05) is 5.73 Å². The predicted octanol–water partition coefficient (Wildman–Crippen LogP) is 3.30. The molecule has 4 heteroatoms. The Morgan fingerprint density at radius 3 is 2.76 bits per heavy atom. The Balaban J connectivity index is 2.68. The van der Waals surface area contributed by atoms with Crippen LogP contribution in [-0.4, -0.2) is 9.78 Å². The van der Waals surface area contributed by atoms with Gasteiger partial charge in [0.1, 0.15) is 5.82 Å². The Morgan fingerprint density at radius 1 is 1.41 bits per heavy atom. The molecule has 3 nitrogen and oxygen atoms in total. The van der Waals surface area contributed by atoms with Crippen LogP contribution in [0.1, 0.15) is 18.1 Å². The molecule has 1 heterocycles. The van der Waals surface area contributed by atoms with E-state index in [0.29, 0.717) is 0 Å². The summed E-state index contributed by atoms with van der Waals surface area (Å²) in [5.74, 6) is 0.746. The molecule has 0 spiro atoms. The van der Waals surface area contributed by atoms with Crippen LogP contribution >= 0.6 is 15.9 Å². The number of nitrogens with two attached hydrogens (primary N) is 1. The van der Waals surface area contributed by atoms with E-state index in [0.717, 1.165) is 33.5 Å². The van der Waals surface area contributed by atoms with E-state index in [1.807, 2.05) is 13.1 Å². The molecule has 0 unspecified atom stereocenters. The largest absolute Gasteiger partial charge is 0.384 e. The van der Waals surface area contributed by atoms with Crippen molar-refractivity contribution in [2.24, 2.45) is 7.05 Å². The van der Waals surface area contributed by atoms with Crippen LogP contribution in [0.5, 0.6) is 0 Å². The van der Waals surface area contributed by atoms with E-state index < -0.39 is 0 Å². The van der Waals surface area contributed by atoms with Crippen molar-refractivity contribution >= 4 is 21.7 Å². The third-order valence-corrected chi connectivity index (χ3v) is 4.05. The van der Waals surface area contributed by atoms with Crippen molar-refractivity contribution in [1.29, 1.82) is 0 Å². The summed E-state index contributed by atoms with van der Waals surface area (Å²) in [6.07, 6.45) is 0.884. The maximum atomic E-state index is 6.02.